The summed E-state index contributed by atoms with van der Waals surface area (Å²) in [5, 5.41) is 11.0. The number of nitrogens with one attached hydrogen (secondary N) is 1. The van der Waals surface area contributed by atoms with Gasteiger partial charge in [0.15, 0.2) is 5.65 Å². The summed E-state index contributed by atoms with van der Waals surface area (Å²) >= 11 is 0. The smallest absolute Gasteiger partial charge is 0.321 e. The molecule has 2 heterocycles. The number of aromatic nitrogens is 3. The molecule has 0 saturated carbocycles. The SMILES string of the molecule is CC(C)c1nnc2ccc(NC(=O)N(C)C)cn12. The molecule has 2 aromatic heterocycles. The molecule has 6 nitrogen and oxygen atoms in total. The lowest BCUT2D eigenvalue weighted by Crippen LogP contribution is -2.27. The molecule has 96 valence electrons. The van der Waals surface area contributed by atoms with E-state index in [9.17, 15) is 4.79 Å². The van der Waals surface area contributed by atoms with E-state index in [-0.39, 0.29) is 11.9 Å². The van der Waals surface area contributed by atoms with E-state index in [2.05, 4.69) is 29.4 Å². The van der Waals surface area contributed by atoms with Crippen molar-refractivity contribution in [2.45, 2.75) is 19.8 Å². The Morgan fingerprint density at radius 1 is 1.33 bits per heavy atom. The zero-order valence-corrected chi connectivity index (χ0v) is 11.0. The van der Waals surface area contributed by atoms with Gasteiger partial charge >= 0.3 is 6.03 Å². The van der Waals surface area contributed by atoms with E-state index in [1.165, 1.54) is 4.90 Å². The van der Waals surface area contributed by atoms with Gasteiger partial charge in [0.1, 0.15) is 5.82 Å². The number of urea groups is 1. The third kappa shape index (κ3) is 2.27. The minimum atomic E-state index is -0.159. The summed E-state index contributed by atoms with van der Waals surface area (Å²) in [6.45, 7) is 4.11. The standard InChI is InChI=1S/C12H17N5O/c1-8(2)11-15-14-10-6-5-9(7-17(10)11)13-12(18)16(3)4/h5-8H,1-4H3,(H,13,18). The lowest BCUT2D eigenvalue weighted by molar-refractivity contribution is 0.230. The number of rotatable bonds is 2. The predicted octanol–water partition coefficient (Wildman–Crippen LogP) is 1.95. The first-order valence-electron chi connectivity index (χ1n) is 5.82. The second-order valence-corrected chi connectivity index (χ2v) is 4.68. The zero-order chi connectivity index (χ0) is 13.3. The maximum absolute atomic E-state index is 11.6. The second-order valence-electron chi connectivity index (χ2n) is 4.68. The number of carbonyl (C=O) groups excluding carboxylic acids is 1. The van der Waals surface area contributed by atoms with Crippen LogP contribution in [0.1, 0.15) is 25.6 Å². The molecule has 0 spiro atoms. The molecule has 0 aliphatic carbocycles. The molecule has 0 aliphatic heterocycles. The van der Waals surface area contributed by atoms with Crippen LogP contribution in [0.3, 0.4) is 0 Å². The third-order valence-electron chi connectivity index (χ3n) is 2.60. The van der Waals surface area contributed by atoms with Gasteiger partial charge in [0.25, 0.3) is 0 Å². The number of nitrogens with zero attached hydrogens (tertiary/aromatic N) is 4. The minimum Gasteiger partial charge on any atom is -0.331 e. The molecule has 0 unspecified atom stereocenters. The van der Waals surface area contributed by atoms with E-state index < -0.39 is 0 Å². The molecule has 1 N–H and O–H groups in total. The number of carbonyl (C=O) groups is 1. The van der Waals surface area contributed by atoms with E-state index in [4.69, 9.17) is 0 Å². The van der Waals surface area contributed by atoms with Crippen molar-refractivity contribution in [2.24, 2.45) is 0 Å². The average Bonchev–Trinajstić information content (AvgIpc) is 2.71. The molecule has 2 aromatic rings. The van der Waals surface area contributed by atoms with Gasteiger partial charge in [0.2, 0.25) is 0 Å². The van der Waals surface area contributed by atoms with Crippen molar-refractivity contribution < 1.29 is 4.79 Å². The van der Waals surface area contributed by atoms with Crippen molar-refractivity contribution >= 4 is 17.4 Å². The summed E-state index contributed by atoms with van der Waals surface area (Å²) in [5.41, 5.74) is 1.50. The Labute approximate surface area is 106 Å². The van der Waals surface area contributed by atoms with E-state index in [1.54, 1.807) is 14.1 Å². The lowest BCUT2D eigenvalue weighted by Gasteiger charge is -2.12. The predicted molar refractivity (Wildman–Crippen MR) is 69.8 cm³/mol. The molecule has 2 amide bonds. The summed E-state index contributed by atoms with van der Waals surface area (Å²) in [5.74, 6) is 1.16. The van der Waals surface area contributed by atoms with Crippen molar-refractivity contribution in [3.8, 4) is 0 Å². The van der Waals surface area contributed by atoms with Crippen LogP contribution in [0.2, 0.25) is 0 Å². The summed E-state index contributed by atoms with van der Waals surface area (Å²) in [6, 6.07) is 3.49. The highest BCUT2D eigenvalue weighted by Gasteiger charge is 2.10. The van der Waals surface area contributed by atoms with Crippen LogP contribution in [-0.4, -0.2) is 39.6 Å². The van der Waals surface area contributed by atoms with Gasteiger partial charge in [-0.2, -0.15) is 0 Å². The van der Waals surface area contributed by atoms with Gasteiger partial charge in [0.05, 0.1) is 5.69 Å². The normalized spacial score (nSPS) is 10.9. The summed E-state index contributed by atoms with van der Waals surface area (Å²) < 4.78 is 1.90. The second kappa shape index (κ2) is 4.64. The topological polar surface area (TPSA) is 62.5 Å². The van der Waals surface area contributed by atoms with Gasteiger partial charge in [-0.25, -0.2) is 4.79 Å². The van der Waals surface area contributed by atoms with Gasteiger partial charge in [-0.1, -0.05) is 13.8 Å². The van der Waals surface area contributed by atoms with Gasteiger partial charge < -0.3 is 10.2 Å². The number of anilines is 1. The van der Waals surface area contributed by atoms with E-state index >= 15 is 0 Å². The van der Waals surface area contributed by atoms with Crippen molar-refractivity contribution in [1.29, 1.82) is 0 Å². The molecule has 0 radical (unpaired) electrons. The van der Waals surface area contributed by atoms with Crippen LogP contribution < -0.4 is 5.32 Å². The average molecular weight is 247 g/mol. The Bertz CT molecular complexity index is 573. The van der Waals surface area contributed by atoms with E-state index in [0.29, 0.717) is 0 Å². The fraction of sp³-hybridized carbons (Fsp3) is 0.417. The highest BCUT2D eigenvalue weighted by atomic mass is 16.2. The monoisotopic (exact) mass is 247 g/mol. The summed E-state index contributed by atoms with van der Waals surface area (Å²) in [4.78, 5) is 13.1. The Hall–Kier alpha value is -2.11. The van der Waals surface area contributed by atoms with Gasteiger partial charge in [-0.05, 0) is 12.1 Å². The molecule has 18 heavy (non-hydrogen) atoms. The fourth-order valence-electron chi connectivity index (χ4n) is 1.61. The molecular formula is C12H17N5O. The van der Waals surface area contributed by atoms with Crippen LogP contribution in [0.5, 0.6) is 0 Å². The Morgan fingerprint density at radius 2 is 2.06 bits per heavy atom. The summed E-state index contributed by atoms with van der Waals surface area (Å²) in [7, 11) is 3.40. The molecule has 0 saturated heterocycles. The van der Waals surface area contributed by atoms with Crippen molar-refractivity contribution in [1.82, 2.24) is 19.5 Å². The van der Waals surface area contributed by atoms with Crippen molar-refractivity contribution in [3.63, 3.8) is 0 Å². The van der Waals surface area contributed by atoms with Crippen molar-refractivity contribution in [3.05, 3.63) is 24.2 Å². The molecular weight excluding hydrogens is 230 g/mol. The van der Waals surface area contributed by atoms with Crippen LogP contribution in [0.15, 0.2) is 18.3 Å². The van der Waals surface area contributed by atoms with Gasteiger partial charge in [-0.3, -0.25) is 4.40 Å². The quantitative estimate of drug-likeness (QED) is 0.882. The number of hydrogen-bond acceptors (Lipinski definition) is 3. The third-order valence-corrected chi connectivity index (χ3v) is 2.60. The van der Waals surface area contributed by atoms with Crippen LogP contribution in [0.25, 0.3) is 5.65 Å². The Kier molecular flexibility index (Phi) is 3.18. The van der Waals surface area contributed by atoms with Crippen LogP contribution in [0.4, 0.5) is 10.5 Å². The molecule has 0 fully saturated rings. The van der Waals surface area contributed by atoms with Crippen molar-refractivity contribution in [2.75, 3.05) is 19.4 Å². The van der Waals surface area contributed by atoms with E-state index in [0.717, 1.165) is 17.2 Å². The maximum Gasteiger partial charge on any atom is 0.321 e. The molecule has 6 heteroatoms. The lowest BCUT2D eigenvalue weighted by atomic mass is 10.2. The fourth-order valence-corrected chi connectivity index (χ4v) is 1.61. The van der Waals surface area contributed by atoms with Crippen LogP contribution in [-0.2, 0) is 0 Å². The molecule has 0 atom stereocenters. The largest absolute Gasteiger partial charge is 0.331 e. The maximum atomic E-state index is 11.6. The van der Waals surface area contributed by atoms with E-state index in [1.807, 2.05) is 22.7 Å². The molecule has 0 aliphatic rings. The molecule has 2 rings (SSSR count). The molecule has 0 bridgehead atoms. The zero-order valence-electron chi connectivity index (χ0n) is 11.0. The van der Waals surface area contributed by atoms with Gasteiger partial charge in [0, 0.05) is 26.2 Å². The Balaban J connectivity index is 2.36. The number of pyridine rings is 1. The number of hydrogen-bond donors (Lipinski definition) is 1. The van der Waals surface area contributed by atoms with Crippen LogP contribution in [0, 0.1) is 0 Å². The Morgan fingerprint density at radius 3 is 2.67 bits per heavy atom. The minimum absolute atomic E-state index is 0.159. The van der Waals surface area contributed by atoms with Gasteiger partial charge in [-0.15, -0.1) is 10.2 Å². The first-order chi connectivity index (χ1) is 8.49. The first kappa shape index (κ1) is 12.3. The summed E-state index contributed by atoms with van der Waals surface area (Å²) in [6.07, 6.45) is 1.84. The van der Waals surface area contributed by atoms with Crippen LogP contribution >= 0.6 is 0 Å². The molecule has 0 aromatic carbocycles. The highest BCUT2D eigenvalue weighted by molar-refractivity contribution is 5.88. The highest BCUT2D eigenvalue weighted by Crippen LogP contribution is 2.16. The number of fused-ring (bicyclic) bond motifs is 1. The number of amides is 2. The first-order valence-corrected chi connectivity index (χ1v) is 5.82.